The molecule has 3 rings (SSSR count). The van der Waals surface area contributed by atoms with Gasteiger partial charge in [0.05, 0.1) is 12.2 Å². The van der Waals surface area contributed by atoms with Crippen LogP contribution < -0.4 is 15.4 Å². The first-order valence-electron chi connectivity index (χ1n) is 8.17. The van der Waals surface area contributed by atoms with Crippen molar-refractivity contribution in [2.24, 2.45) is 0 Å². The number of aromatic nitrogens is 1. The van der Waals surface area contributed by atoms with Crippen molar-refractivity contribution in [3.05, 3.63) is 77.4 Å². The van der Waals surface area contributed by atoms with Gasteiger partial charge in [-0.15, -0.1) is 0 Å². The number of carbonyl (C=O) groups excluding carboxylic acids is 1. The quantitative estimate of drug-likeness (QED) is 0.634. The van der Waals surface area contributed by atoms with E-state index in [2.05, 4.69) is 15.6 Å². The summed E-state index contributed by atoms with van der Waals surface area (Å²) in [6.07, 6.45) is 1.63. The zero-order valence-corrected chi connectivity index (χ0v) is 15.0. The van der Waals surface area contributed by atoms with Crippen LogP contribution in [0.15, 0.2) is 66.9 Å². The second-order valence-corrected chi connectivity index (χ2v) is 5.88. The Hall–Kier alpha value is -3.05. The number of halogens is 1. The monoisotopic (exact) mass is 367 g/mol. The van der Waals surface area contributed by atoms with E-state index in [1.54, 1.807) is 42.6 Å². The smallest absolute Gasteiger partial charge is 0.259 e. The molecule has 0 fully saturated rings. The molecule has 1 aromatic heterocycles. The zero-order valence-electron chi connectivity index (χ0n) is 14.2. The summed E-state index contributed by atoms with van der Waals surface area (Å²) in [5, 5.41) is 6.60. The normalized spacial score (nSPS) is 10.2. The molecule has 1 heterocycles. The van der Waals surface area contributed by atoms with E-state index in [9.17, 15) is 4.79 Å². The fourth-order valence-corrected chi connectivity index (χ4v) is 2.58. The number of pyridine rings is 1. The van der Waals surface area contributed by atoms with Crippen molar-refractivity contribution in [2.75, 3.05) is 17.2 Å². The zero-order chi connectivity index (χ0) is 18.4. The fourth-order valence-electron chi connectivity index (χ4n) is 2.39. The molecule has 0 atom stereocenters. The van der Waals surface area contributed by atoms with Crippen LogP contribution in [0.4, 0.5) is 17.2 Å². The number of benzene rings is 2. The lowest BCUT2D eigenvalue weighted by molar-refractivity contribution is 0.102. The summed E-state index contributed by atoms with van der Waals surface area (Å²) in [5.41, 5.74) is 1.86. The van der Waals surface area contributed by atoms with Crippen molar-refractivity contribution in [1.29, 1.82) is 0 Å². The predicted molar refractivity (Wildman–Crippen MR) is 105 cm³/mol. The molecule has 26 heavy (non-hydrogen) atoms. The van der Waals surface area contributed by atoms with Gasteiger partial charge >= 0.3 is 0 Å². The highest BCUT2D eigenvalue weighted by Gasteiger charge is 2.13. The van der Waals surface area contributed by atoms with Crippen LogP contribution in [-0.4, -0.2) is 17.5 Å². The van der Waals surface area contributed by atoms with E-state index in [1.807, 2.05) is 31.2 Å². The number of nitrogens with zero attached hydrogens (tertiary/aromatic N) is 1. The van der Waals surface area contributed by atoms with Crippen LogP contribution in [0.2, 0.25) is 5.02 Å². The Labute approximate surface area is 157 Å². The van der Waals surface area contributed by atoms with Crippen LogP contribution in [-0.2, 0) is 0 Å². The Bertz CT molecular complexity index is 898. The minimum absolute atomic E-state index is 0.258. The van der Waals surface area contributed by atoms with Gasteiger partial charge in [0.1, 0.15) is 11.6 Å². The minimum Gasteiger partial charge on any atom is -0.494 e. The standard InChI is InChI=1S/C20H18ClN3O2/c1-2-26-17-10-8-15(9-11-17)24-20(25)18-7-4-12-22-19(18)23-16-6-3-5-14(21)13-16/h3-13H,2H2,1H3,(H,22,23)(H,24,25). The summed E-state index contributed by atoms with van der Waals surface area (Å²) in [6.45, 7) is 2.52. The number of hydrogen-bond donors (Lipinski definition) is 2. The molecule has 2 aromatic carbocycles. The molecule has 6 heteroatoms. The Morgan fingerprint density at radius 2 is 1.88 bits per heavy atom. The highest BCUT2D eigenvalue weighted by Crippen LogP contribution is 2.22. The second-order valence-electron chi connectivity index (χ2n) is 5.45. The molecule has 0 bridgehead atoms. The maximum absolute atomic E-state index is 12.7. The van der Waals surface area contributed by atoms with Crippen molar-refractivity contribution in [1.82, 2.24) is 4.98 Å². The number of rotatable bonds is 6. The van der Waals surface area contributed by atoms with Crippen molar-refractivity contribution >= 4 is 34.7 Å². The number of hydrogen-bond acceptors (Lipinski definition) is 4. The van der Waals surface area contributed by atoms with Gasteiger partial charge in [-0.25, -0.2) is 4.98 Å². The van der Waals surface area contributed by atoms with Crippen molar-refractivity contribution < 1.29 is 9.53 Å². The van der Waals surface area contributed by atoms with E-state index in [1.165, 1.54) is 0 Å². The predicted octanol–water partition coefficient (Wildman–Crippen LogP) is 5.13. The van der Waals surface area contributed by atoms with Crippen LogP contribution >= 0.6 is 11.6 Å². The number of ether oxygens (including phenoxy) is 1. The molecule has 0 spiro atoms. The molecule has 0 radical (unpaired) electrons. The van der Waals surface area contributed by atoms with E-state index in [0.29, 0.717) is 28.7 Å². The average molecular weight is 368 g/mol. The van der Waals surface area contributed by atoms with E-state index in [4.69, 9.17) is 16.3 Å². The van der Waals surface area contributed by atoms with Gasteiger partial charge in [0.2, 0.25) is 0 Å². The summed E-state index contributed by atoms with van der Waals surface area (Å²) in [7, 11) is 0. The van der Waals surface area contributed by atoms with Crippen molar-refractivity contribution in [3.8, 4) is 5.75 Å². The van der Waals surface area contributed by atoms with Gasteiger partial charge in [0, 0.05) is 22.6 Å². The molecule has 132 valence electrons. The molecule has 0 saturated carbocycles. The van der Waals surface area contributed by atoms with Crippen LogP contribution in [0.25, 0.3) is 0 Å². The number of amides is 1. The van der Waals surface area contributed by atoms with Gasteiger partial charge in [-0.1, -0.05) is 17.7 Å². The van der Waals surface area contributed by atoms with E-state index >= 15 is 0 Å². The third-order valence-corrected chi connectivity index (χ3v) is 3.80. The summed E-state index contributed by atoms with van der Waals surface area (Å²) in [6, 6.07) is 17.9. The topological polar surface area (TPSA) is 63.2 Å². The Morgan fingerprint density at radius 1 is 1.08 bits per heavy atom. The van der Waals surface area contributed by atoms with Crippen LogP contribution in [0.3, 0.4) is 0 Å². The molecule has 1 amide bonds. The molecule has 5 nitrogen and oxygen atoms in total. The molecular weight excluding hydrogens is 350 g/mol. The minimum atomic E-state index is -0.258. The first-order valence-corrected chi connectivity index (χ1v) is 8.55. The molecule has 2 N–H and O–H groups in total. The van der Waals surface area contributed by atoms with Gasteiger partial charge in [0.15, 0.2) is 0 Å². The largest absolute Gasteiger partial charge is 0.494 e. The Kier molecular flexibility index (Phi) is 5.71. The van der Waals surface area contributed by atoms with Gasteiger partial charge in [-0.3, -0.25) is 4.79 Å². The SMILES string of the molecule is CCOc1ccc(NC(=O)c2cccnc2Nc2cccc(Cl)c2)cc1. The van der Waals surface area contributed by atoms with Crippen LogP contribution in [0.5, 0.6) is 5.75 Å². The number of anilines is 3. The Balaban J connectivity index is 1.77. The summed E-state index contributed by atoms with van der Waals surface area (Å²) in [4.78, 5) is 16.9. The lowest BCUT2D eigenvalue weighted by Gasteiger charge is -2.12. The highest BCUT2D eigenvalue weighted by molar-refractivity contribution is 6.30. The van der Waals surface area contributed by atoms with Crippen molar-refractivity contribution in [3.63, 3.8) is 0 Å². The summed E-state index contributed by atoms with van der Waals surface area (Å²) >= 11 is 6.01. The second kappa shape index (κ2) is 8.36. The third kappa shape index (κ3) is 4.52. The van der Waals surface area contributed by atoms with E-state index in [0.717, 1.165) is 11.4 Å². The Morgan fingerprint density at radius 3 is 2.62 bits per heavy atom. The molecule has 0 saturated heterocycles. The molecule has 0 unspecified atom stereocenters. The first kappa shape index (κ1) is 17.8. The molecular formula is C20H18ClN3O2. The molecule has 0 aliphatic rings. The van der Waals surface area contributed by atoms with E-state index < -0.39 is 0 Å². The van der Waals surface area contributed by atoms with Gasteiger partial charge in [-0.2, -0.15) is 0 Å². The maximum Gasteiger partial charge on any atom is 0.259 e. The van der Waals surface area contributed by atoms with Crippen LogP contribution in [0.1, 0.15) is 17.3 Å². The maximum atomic E-state index is 12.7. The first-order chi connectivity index (χ1) is 12.7. The average Bonchev–Trinajstić information content (AvgIpc) is 2.64. The van der Waals surface area contributed by atoms with Crippen LogP contribution in [0, 0.1) is 0 Å². The number of carbonyl (C=O) groups is 1. The number of nitrogens with one attached hydrogen (secondary N) is 2. The summed E-state index contributed by atoms with van der Waals surface area (Å²) in [5.74, 6) is 0.958. The van der Waals surface area contributed by atoms with Gasteiger partial charge in [0.25, 0.3) is 5.91 Å². The molecule has 0 aliphatic carbocycles. The van der Waals surface area contributed by atoms with Crippen molar-refractivity contribution in [2.45, 2.75) is 6.92 Å². The fraction of sp³-hybridized carbons (Fsp3) is 0.100. The third-order valence-electron chi connectivity index (χ3n) is 3.56. The van der Waals surface area contributed by atoms with Gasteiger partial charge < -0.3 is 15.4 Å². The lowest BCUT2D eigenvalue weighted by atomic mass is 10.2. The highest BCUT2D eigenvalue weighted by atomic mass is 35.5. The summed E-state index contributed by atoms with van der Waals surface area (Å²) < 4.78 is 5.40. The lowest BCUT2D eigenvalue weighted by Crippen LogP contribution is -2.14. The molecule has 3 aromatic rings. The van der Waals surface area contributed by atoms with Gasteiger partial charge in [-0.05, 0) is 61.5 Å². The molecule has 0 aliphatic heterocycles. The van der Waals surface area contributed by atoms with E-state index in [-0.39, 0.29) is 5.91 Å².